The van der Waals surface area contributed by atoms with Crippen molar-refractivity contribution in [3.63, 3.8) is 0 Å². The monoisotopic (exact) mass is 322 g/mol. The Kier molecular flexibility index (Phi) is 8.78. The SMILES string of the molecule is CCC1CCC(NC(=O)NCc2ccccc2)B(O)O1.O=CO. The summed E-state index contributed by atoms with van der Waals surface area (Å²) in [6.07, 6.45) is 2.56. The summed E-state index contributed by atoms with van der Waals surface area (Å²) in [6.45, 7) is 2.24. The first-order chi connectivity index (χ1) is 11.1. The van der Waals surface area contributed by atoms with Gasteiger partial charge in [0.15, 0.2) is 0 Å². The zero-order chi connectivity index (χ0) is 17.1. The smallest absolute Gasteiger partial charge is 0.478 e. The number of carboxylic acid groups (broad SMARTS) is 1. The summed E-state index contributed by atoms with van der Waals surface area (Å²) in [5.74, 6) is -0.339. The van der Waals surface area contributed by atoms with Gasteiger partial charge in [-0.3, -0.25) is 4.79 Å². The zero-order valence-electron chi connectivity index (χ0n) is 13.1. The molecule has 0 aromatic heterocycles. The van der Waals surface area contributed by atoms with Gasteiger partial charge in [0, 0.05) is 12.6 Å². The van der Waals surface area contributed by atoms with Crippen molar-refractivity contribution in [1.82, 2.24) is 10.6 Å². The molecule has 0 aliphatic carbocycles. The van der Waals surface area contributed by atoms with Crippen molar-refractivity contribution < 1.29 is 24.4 Å². The van der Waals surface area contributed by atoms with Gasteiger partial charge in [-0.25, -0.2) is 4.79 Å². The first kappa shape index (κ1) is 19.0. The van der Waals surface area contributed by atoms with Gasteiger partial charge in [0.2, 0.25) is 0 Å². The summed E-state index contributed by atoms with van der Waals surface area (Å²) in [5.41, 5.74) is 1.04. The Balaban J connectivity index is 0.000000816. The molecule has 0 bridgehead atoms. The summed E-state index contributed by atoms with van der Waals surface area (Å²) in [7, 11) is -0.920. The maximum absolute atomic E-state index is 11.8. The maximum atomic E-state index is 11.8. The lowest BCUT2D eigenvalue weighted by atomic mass is 9.72. The Bertz CT molecular complexity index is 474. The predicted molar refractivity (Wildman–Crippen MR) is 86.7 cm³/mol. The van der Waals surface area contributed by atoms with Gasteiger partial charge in [0.25, 0.3) is 6.47 Å². The summed E-state index contributed by atoms with van der Waals surface area (Å²) >= 11 is 0. The number of carbonyl (C=O) groups excluding carboxylic acids is 1. The van der Waals surface area contributed by atoms with Gasteiger partial charge in [-0.2, -0.15) is 0 Å². The van der Waals surface area contributed by atoms with Crippen LogP contribution in [-0.2, 0) is 16.0 Å². The van der Waals surface area contributed by atoms with Crippen LogP contribution in [0.2, 0.25) is 0 Å². The lowest BCUT2D eigenvalue weighted by molar-refractivity contribution is -0.122. The van der Waals surface area contributed by atoms with Gasteiger partial charge >= 0.3 is 13.1 Å². The van der Waals surface area contributed by atoms with Crippen LogP contribution in [0.25, 0.3) is 0 Å². The number of nitrogens with one attached hydrogen (secondary N) is 2. The Hall–Kier alpha value is -2.06. The molecule has 0 radical (unpaired) electrons. The third kappa shape index (κ3) is 7.16. The molecule has 8 heteroatoms. The molecule has 1 heterocycles. The van der Waals surface area contributed by atoms with Crippen molar-refractivity contribution >= 4 is 19.6 Å². The number of urea groups is 1. The molecule has 1 saturated heterocycles. The molecule has 2 atom stereocenters. The fourth-order valence-electron chi connectivity index (χ4n) is 2.31. The van der Waals surface area contributed by atoms with Crippen LogP contribution in [0.3, 0.4) is 0 Å². The van der Waals surface area contributed by atoms with Crippen molar-refractivity contribution in [2.45, 2.75) is 44.8 Å². The van der Waals surface area contributed by atoms with Crippen molar-refractivity contribution in [3.8, 4) is 0 Å². The Morgan fingerprint density at radius 3 is 2.61 bits per heavy atom. The van der Waals surface area contributed by atoms with Crippen LogP contribution in [0, 0.1) is 0 Å². The fourth-order valence-corrected chi connectivity index (χ4v) is 2.31. The van der Waals surface area contributed by atoms with Gasteiger partial charge < -0.3 is 25.4 Å². The van der Waals surface area contributed by atoms with Gasteiger partial charge in [-0.1, -0.05) is 37.3 Å². The average molecular weight is 322 g/mol. The molecular weight excluding hydrogens is 299 g/mol. The standard InChI is InChI=1S/C14H21BN2O3.CH2O2/c1-2-12-8-9-13(15(19)20-12)17-14(18)16-10-11-6-4-3-5-7-11;2-1-3/h3-7,12-13,19H,2,8-10H2,1H3,(H2,16,17,18);1H,(H,2,3). The van der Waals surface area contributed by atoms with Crippen molar-refractivity contribution in [3.05, 3.63) is 35.9 Å². The zero-order valence-corrected chi connectivity index (χ0v) is 13.1. The number of hydrogen-bond donors (Lipinski definition) is 4. The van der Waals surface area contributed by atoms with Gasteiger partial charge in [-0.15, -0.1) is 0 Å². The molecule has 1 aromatic rings. The number of rotatable bonds is 4. The summed E-state index contributed by atoms with van der Waals surface area (Å²) in [4.78, 5) is 20.2. The van der Waals surface area contributed by atoms with E-state index in [9.17, 15) is 9.82 Å². The Labute approximate surface area is 136 Å². The lowest BCUT2D eigenvalue weighted by Gasteiger charge is -2.31. The summed E-state index contributed by atoms with van der Waals surface area (Å²) in [5, 5.41) is 22.3. The van der Waals surface area contributed by atoms with E-state index in [4.69, 9.17) is 14.6 Å². The lowest BCUT2D eigenvalue weighted by Crippen LogP contribution is -2.54. The van der Waals surface area contributed by atoms with E-state index >= 15 is 0 Å². The Morgan fingerprint density at radius 2 is 2.04 bits per heavy atom. The minimum atomic E-state index is -0.920. The minimum Gasteiger partial charge on any atom is -0.483 e. The van der Waals surface area contributed by atoms with E-state index in [1.54, 1.807) is 0 Å². The highest BCUT2D eigenvalue weighted by Gasteiger charge is 2.35. The van der Waals surface area contributed by atoms with Crippen LogP contribution in [0.15, 0.2) is 30.3 Å². The molecule has 1 aliphatic rings. The molecule has 7 nitrogen and oxygen atoms in total. The van der Waals surface area contributed by atoms with Crippen LogP contribution in [0.1, 0.15) is 31.7 Å². The van der Waals surface area contributed by atoms with Crippen LogP contribution in [-0.4, -0.2) is 41.8 Å². The highest BCUT2D eigenvalue weighted by atomic mass is 16.5. The van der Waals surface area contributed by atoms with Crippen molar-refractivity contribution in [2.75, 3.05) is 0 Å². The summed E-state index contributed by atoms with van der Waals surface area (Å²) < 4.78 is 5.42. The van der Waals surface area contributed by atoms with E-state index in [0.29, 0.717) is 6.54 Å². The van der Waals surface area contributed by atoms with E-state index < -0.39 is 7.12 Å². The molecule has 0 spiro atoms. The van der Waals surface area contributed by atoms with Crippen molar-refractivity contribution in [1.29, 1.82) is 0 Å². The highest BCUT2D eigenvalue weighted by molar-refractivity contribution is 6.45. The molecular formula is C15H23BN2O5. The molecule has 126 valence electrons. The number of carbonyl (C=O) groups is 2. The van der Waals surface area contributed by atoms with Crippen LogP contribution in [0.4, 0.5) is 4.79 Å². The van der Waals surface area contributed by atoms with Crippen molar-refractivity contribution in [2.24, 2.45) is 0 Å². The first-order valence-electron chi connectivity index (χ1n) is 7.60. The minimum absolute atomic E-state index is 0.0930. The molecule has 23 heavy (non-hydrogen) atoms. The summed E-state index contributed by atoms with van der Waals surface area (Å²) in [6, 6.07) is 9.41. The fraction of sp³-hybridized carbons (Fsp3) is 0.467. The van der Waals surface area contributed by atoms with Gasteiger partial charge in [0.05, 0.1) is 5.94 Å². The molecule has 2 rings (SSSR count). The largest absolute Gasteiger partial charge is 0.483 e. The molecule has 0 saturated carbocycles. The van der Waals surface area contributed by atoms with Crippen LogP contribution in [0.5, 0.6) is 0 Å². The Morgan fingerprint density at radius 1 is 1.39 bits per heavy atom. The third-order valence-corrected chi connectivity index (χ3v) is 3.54. The van der Waals surface area contributed by atoms with Gasteiger partial charge in [-0.05, 0) is 24.8 Å². The van der Waals surface area contributed by atoms with E-state index in [1.165, 1.54) is 0 Å². The second-order valence-corrected chi connectivity index (χ2v) is 5.16. The molecule has 2 amide bonds. The second-order valence-electron chi connectivity index (χ2n) is 5.16. The second kappa shape index (κ2) is 10.6. The maximum Gasteiger partial charge on any atom is 0.478 e. The van der Waals surface area contributed by atoms with Gasteiger partial charge in [0.1, 0.15) is 0 Å². The van der Waals surface area contributed by atoms with E-state index in [0.717, 1.165) is 24.8 Å². The molecule has 4 N–H and O–H groups in total. The topological polar surface area (TPSA) is 108 Å². The van der Waals surface area contributed by atoms with Crippen LogP contribution < -0.4 is 10.6 Å². The first-order valence-corrected chi connectivity index (χ1v) is 7.60. The van der Waals surface area contributed by atoms with E-state index in [-0.39, 0.29) is 24.5 Å². The molecule has 1 fully saturated rings. The quantitative estimate of drug-likeness (QED) is 0.491. The number of amides is 2. The normalized spacial score (nSPS) is 20.0. The van der Waals surface area contributed by atoms with E-state index in [1.807, 2.05) is 37.3 Å². The highest BCUT2D eigenvalue weighted by Crippen LogP contribution is 2.18. The average Bonchev–Trinajstić information content (AvgIpc) is 2.56. The number of benzene rings is 1. The third-order valence-electron chi connectivity index (χ3n) is 3.54. The van der Waals surface area contributed by atoms with E-state index in [2.05, 4.69) is 10.6 Å². The molecule has 2 unspecified atom stereocenters. The molecule has 1 aromatic carbocycles. The number of hydrogen-bond acceptors (Lipinski definition) is 4. The predicted octanol–water partition coefficient (Wildman–Crippen LogP) is 1.16. The van der Waals surface area contributed by atoms with Crippen LogP contribution >= 0.6 is 0 Å². The molecule has 1 aliphatic heterocycles.